The summed E-state index contributed by atoms with van der Waals surface area (Å²) in [5.74, 6) is -0.710. The summed E-state index contributed by atoms with van der Waals surface area (Å²) in [6, 6.07) is 13.2. The molecular weight excluding hydrogens is 368 g/mol. The number of hydrogen-bond acceptors (Lipinski definition) is 6. The first kappa shape index (κ1) is 18.9. The number of carbonyl (C=O) groups is 1. The van der Waals surface area contributed by atoms with Gasteiger partial charge in [-0.15, -0.1) is 0 Å². The van der Waals surface area contributed by atoms with Crippen LogP contribution in [0.25, 0.3) is 11.0 Å². The lowest BCUT2D eigenvalue weighted by atomic mass is 10.2. The molecule has 27 heavy (non-hydrogen) atoms. The van der Waals surface area contributed by atoms with Gasteiger partial charge in [0.15, 0.2) is 0 Å². The minimum Gasteiger partial charge on any atom is -0.480 e. The molecule has 0 spiro atoms. The maximum atomic E-state index is 13.1. The molecular formula is C18H20N4O4S. The minimum atomic E-state index is -3.84. The Kier molecular flexibility index (Phi) is 5.15. The van der Waals surface area contributed by atoms with Gasteiger partial charge in [-0.05, 0) is 31.2 Å². The molecule has 0 saturated heterocycles. The number of aliphatic carboxylic acids is 1. The molecule has 0 aliphatic carbocycles. The lowest BCUT2D eigenvalue weighted by Crippen LogP contribution is -2.34. The number of hydrogen-bond donors (Lipinski definition) is 2. The van der Waals surface area contributed by atoms with E-state index in [1.54, 1.807) is 48.2 Å². The highest BCUT2D eigenvalue weighted by Gasteiger charge is 2.24. The predicted octanol–water partition coefficient (Wildman–Crippen LogP) is 1.43. The molecule has 3 aromatic rings. The van der Waals surface area contributed by atoms with Crippen molar-refractivity contribution >= 4 is 32.7 Å². The van der Waals surface area contributed by atoms with Crippen molar-refractivity contribution in [2.75, 3.05) is 24.5 Å². The van der Waals surface area contributed by atoms with E-state index in [0.717, 1.165) is 0 Å². The highest BCUT2D eigenvalue weighted by Crippen LogP contribution is 2.29. The molecule has 0 atom stereocenters. The Morgan fingerprint density at radius 3 is 2.52 bits per heavy atom. The molecule has 0 radical (unpaired) electrons. The van der Waals surface area contributed by atoms with Crippen LogP contribution in [0.4, 0.5) is 5.69 Å². The average Bonchev–Trinajstić information content (AvgIpc) is 2.98. The second-order valence-electron chi connectivity index (χ2n) is 5.99. The fourth-order valence-corrected chi connectivity index (χ4v) is 4.55. The molecule has 0 unspecified atom stereocenters. The first-order chi connectivity index (χ1) is 12.9. The van der Waals surface area contributed by atoms with Crippen molar-refractivity contribution in [1.29, 1.82) is 0 Å². The van der Waals surface area contributed by atoms with Crippen LogP contribution in [0.5, 0.6) is 0 Å². The number of imidazole rings is 1. The lowest BCUT2D eigenvalue weighted by Gasteiger charge is -2.22. The Balaban J connectivity index is 2.21. The van der Waals surface area contributed by atoms with Crippen LogP contribution in [0, 0.1) is 6.92 Å². The monoisotopic (exact) mass is 388 g/mol. The summed E-state index contributed by atoms with van der Waals surface area (Å²) in [5.41, 5.74) is 6.95. The van der Waals surface area contributed by atoms with Gasteiger partial charge in [-0.2, -0.15) is 0 Å². The fraction of sp³-hybridized carbons (Fsp3) is 0.222. The van der Waals surface area contributed by atoms with Crippen LogP contribution in [0.2, 0.25) is 0 Å². The first-order valence-electron chi connectivity index (χ1n) is 8.31. The maximum Gasteiger partial charge on any atom is 0.323 e. The Bertz CT molecular complexity index is 1080. The van der Waals surface area contributed by atoms with E-state index in [1.165, 1.54) is 16.1 Å². The predicted molar refractivity (Wildman–Crippen MR) is 102 cm³/mol. The van der Waals surface area contributed by atoms with Crippen LogP contribution in [0.3, 0.4) is 0 Å². The molecule has 3 N–H and O–H groups in total. The minimum absolute atomic E-state index is 0.155. The van der Waals surface area contributed by atoms with Crippen molar-refractivity contribution in [3.8, 4) is 0 Å². The molecule has 1 aromatic heterocycles. The SMILES string of the molecule is Cc1nc2c(N(CCN)CC(=O)O)cccc2n1S(=O)(=O)c1ccccc1. The zero-order chi connectivity index (χ0) is 19.6. The third-order valence-corrected chi connectivity index (χ3v) is 5.94. The van der Waals surface area contributed by atoms with E-state index >= 15 is 0 Å². The molecule has 0 aliphatic heterocycles. The maximum absolute atomic E-state index is 13.1. The number of carboxylic acids is 1. The Hall–Kier alpha value is -2.91. The molecule has 0 saturated carbocycles. The van der Waals surface area contributed by atoms with E-state index in [4.69, 9.17) is 5.73 Å². The molecule has 0 bridgehead atoms. The van der Waals surface area contributed by atoms with Crippen molar-refractivity contribution < 1.29 is 18.3 Å². The zero-order valence-corrected chi connectivity index (χ0v) is 15.6. The lowest BCUT2D eigenvalue weighted by molar-refractivity contribution is -0.135. The number of nitrogens with two attached hydrogens (primary N) is 1. The van der Waals surface area contributed by atoms with Crippen LogP contribution < -0.4 is 10.6 Å². The van der Waals surface area contributed by atoms with Gasteiger partial charge in [-0.25, -0.2) is 17.4 Å². The van der Waals surface area contributed by atoms with Gasteiger partial charge >= 0.3 is 5.97 Å². The number of para-hydroxylation sites is 1. The van der Waals surface area contributed by atoms with Gasteiger partial charge < -0.3 is 15.7 Å². The summed E-state index contributed by atoms with van der Waals surface area (Å²) < 4.78 is 27.4. The summed E-state index contributed by atoms with van der Waals surface area (Å²) in [7, 11) is -3.84. The molecule has 142 valence electrons. The normalized spacial score (nSPS) is 11.6. The topological polar surface area (TPSA) is 119 Å². The molecule has 0 fully saturated rings. The van der Waals surface area contributed by atoms with Crippen molar-refractivity contribution in [3.63, 3.8) is 0 Å². The molecule has 8 nitrogen and oxygen atoms in total. The highest BCUT2D eigenvalue weighted by molar-refractivity contribution is 7.90. The summed E-state index contributed by atoms with van der Waals surface area (Å²) in [6.07, 6.45) is 0. The summed E-state index contributed by atoms with van der Waals surface area (Å²) >= 11 is 0. The number of aromatic nitrogens is 2. The molecule has 0 amide bonds. The summed E-state index contributed by atoms with van der Waals surface area (Å²) in [5, 5.41) is 9.18. The average molecular weight is 388 g/mol. The van der Waals surface area contributed by atoms with E-state index in [2.05, 4.69) is 4.98 Å². The second-order valence-corrected chi connectivity index (χ2v) is 7.78. The quantitative estimate of drug-likeness (QED) is 0.628. The van der Waals surface area contributed by atoms with Gasteiger partial charge in [0.05, 0.1) is 16.1 Å². The Labute approximate surface area is 156 Å². The largest absolute Gasteiger partial charge is 0.480 e. The van der Waals surface area contributed by atoms with Crippen LogP contribution in [0.15, 0.2) is 53.4 Å². The summed E-state index contributed by atoms with van der Waals surface area (Å²) in [4.78, 5) is 17.4. The number of rotatable bonds is 7. The van der Waals surface area contributed by atoms with Crippen LogP contribution in [-0.4, -0.2) is 48.1 Å². The van der Waals surface area contributed by atoms with Crippen molar-refractivity contribution in [3.05, 3.63) is 54.4 Å². The second kappa shape index (κ2) is 7.37. The van der Waals surface area contributed by atoms with E-state index in [0.29, 0.717) is 29.1 Å². The number of aryl methyl sites for hydroxylation is 1. The summed E-state index contributed by atoms with van der Waals surface area (Å²) in [6.45, 7) is 1.91. The van der Waals surface area contributed by atoms with E-state index in [-0.39, 0.29) is 18.0 Å². The van der Waals surface area contributed by atoms with Gasteiger partial charge in [0.1, 0.15) is 17.9 Å². The third kappa shape index (κ3) is 3.51. The Morgan fingerprint density at radius 1 is 1.19 bits per heavy atom. The van der Waals surface area contributed by atoms with E-state index in [1.807, 2.05) is 0 Å². The van der Waals surface area contributed by atoms with Gasteiger partial charge in [-0.1, -0.05) is 24.3 Å². The number of nitrogens with zero attached hydrogens (tertiary/aromatic N) is 3. The number of anilines is 1. The Morgan fingerprint density at radius 2 is 1.89 bits per heavy atom. The number of benzene rings is 2. The smallest absolute Gasteiger partial charge is 0.323 e. The van der Waals surface area contributed by atoms with Gasteiger partial charge in [-0.3, -0.25) is 4.79 Å². The van der Waals surface area contributed by atoms with E-state index < -0.39 is 16.0 Å². The van der Waals surface area contributed by atoms with Crippen molar-refractivity contribution in [2.45, 2.75) is 11.8 Å². The number of fused-ring (bicyclic) bond motifs is 1. The molecule has 1 heterocycles. The van der Waals surface area contributed by atoms with Crippen LogP contribution in [0.1, 0.15) is 5.82 Å². The standard InChI is InChI=1S/C18H20N4O4S/c1-13-20-18-15(21(11-10-19)12-17(23)24)8-5-9-16(18)22(13)27(25,26)14-6-3-2-4-7-14/h2-9H,10-12,19H2,1H3,(H,23,24). The molecule has 0 aliphatic rings. The van der Waals surface area contributed by atoms with E-state index in [9.17, 15) is 18.3 Å². The van der Waals surface area contributed by atoms with Gasteiger partial charge in [0, 0.05) is 13.1 Å². The number of carboxylic acid groups (broad SMARTS) is 1. The highest BCUT2D eigenvalue weighted by atomic mass is 32.2. The van der Waals surface area contributed by atoms with Crippen molar-refractivity contribution in [2.24, 2.45) is 5.73 Å². The van der Waals surface area contributed by atoms with Crippen molar-refractivity contribution in [1.82, 2.24) is 8.96 Å². The van der Waals surface area contributed by atoms with Gasteiger partial charge in [0.25, 0.3) is 10.0 Å². The van der Waals surface area contributed by atoms with Gasteiger partial charge in [0.2, 0.25) is 0 Å². The zero-order valence-electron chi connectivity index (χ0n) is 14.7. The molecule has 2 aromatic carbocycles. The molecule has 9 heteroatoms. The molecule has 3 rings (SSSR count). The fourth-order valence-electron chi connectivity index (χ4n) is 3.04. The first-order valence-corrected chi connectivity index (χ1v) is 9.75. The van der Waals surface area contributed by atoms with Crippen LogP contribution >= 0.6 is 0 Å². The van der Waals surface area contributed by atoms with Crippen LogP contribution in [-0.2, 0) is 14.8 Å². The third-order valence-electron chi connectivity index (χ3n) is 4.13.